The van der Waals surface area contributed by atoms with Crippen molar-refractivity contribution in [2.75, 3.05) is 0 Å². The van der Waals surface area contributed by atoms with E-state index in [-0.39, 0.29) is 11.5 Å². The van der Waals surface area contributed by atoms with Crippen LogP contribution in [0.4, 0.5) is 0 Å². The lowest BCUT2D eigenvalue weighted by atomic mass is 9.93. The molecule has 3 nitrogen and oxygen atoms in total. The fraction of sp³-hybridized carbons (Fsp3) is 0.438. The van der Waals surface area contributed by atoms with Crippen LogP contribution in [-0.2, 0) is 12.0 Å². The highest BCUT2D eigenvalue weighted by atomic mass is 35.5. The summed E-state index contributed by atoms with van der Waals surface area (Å²) in [4.78, 5) is 4.62. The number of aromatic nitrogens is 1. The van der Waals surface area contributed by atoms with Crippen molar-refractivity contribution in [2.45, 2.75) is 45.8 Å². The molecule has 0 saturated heterocycles. The number of halogens is 1. The van der Waals surface area contributed by atoms with E-state index in [2.05, 4.69) is 31.1 Å². The van der Waals surface area contributed by atoms with Gasteiger partial charge in [0.05, 0.1) is 5.69 Å². The van der Waals surface area contributed by atoms with Crippen LogP contribution in [-0.4, -0.2) is 4.98 Å². The topological polar surface area (TPSA) is 48.1 Å². The fourth-order valence-corrected chi connectivity index (χ4v) is 2.98. The summed E-state index contributed by atoms with van der Waals surface area (Å²) in [5.74, 6) is 0.766. The van der Waals surface area contributed by atoms with Gasteiger partial charge in [-0.2, -0.15) is 0 Å². The van der Waals surface area contributed by atoms with Crippen LogP contribution in [0.2, 0.25) is 5.02 Å². The first-order chi connectivity index (χ1) is 9.77. The molecule has 1 unspecified atom stereocenters. The number of thiazole rings is 1. The lowest BCUT2D eigenvalue weighted by Gasteiger charge is -2.15. The highest BCUT2D eigenvalue weighted by Crippen LogP contribution is 2.29. The number of nitrogens with zero attached hydrogens (tertiary/aromatic N) is 1. The number of nitrogens with two attached hydrogens (primary N) is 1. The third-order valence-electron chi connectivity index (χ3n) is 3.13. The SMILES string of the molecule is CC(N)c1cc(Cl)ccc1OCc1nc(C(C)(C)C)cs1. The van der Waals surface area contributed by atoms with Crippen LogP contribution in [0.1, 0.15) is 50.0 Å². The Morgan fingerprint density at radius 2 is 2.10 bits per heavy atom. The molecule has 0 spiro atoms. The zero-order valence-corrected chi connectivity index (χ0v) is 14.4. The molecule has 0 fully saturated rings. The van der Waals surface area contributed by atoms with Crippen molar-refractivity contribution in [3.63, 3.8) is 0 Å². The van der Waals surface area contributed by atoms with Crippen LogP contribution in [0.5, 0.6) is 5.75 Å². The van der Waals surface area contributed by atoms with Gasteiger partial charge in [0.2, 0.25) is 0 Å². The highest BCUT2D eigenvalue weighted by Gasteiger charge is 2.18. The maximum absolute atomic E-state index is 6.01. The molecule has 0 amide bonds. The number of rotatable bonds is 4. The molecule has 5 heteroatoms. The normalized spacial score (nSPS) is 13.2. The van der Waals surface area contributed by atoms with E-state index in [4.69, 9.17) is 22.1 Å². The summed E-state index contributed by atoms with van der Waals surface area (Å²) in [5.41, 5.74) is 8.03. The average molecular weight is 325 g/mol. The first kappa shape index (κ1) is 16.3. The minimum atomic E-state index is -0.125. The first-order valence-corrected chi connectivity index (χ1v) is 8.16. The second-order valence-electron chi connectivity index (χ2n) is 6.14. The molecule has 114 valence electrons. The molecule has 2 N–H and O–H groups in total. The van der Waals surface area contributed by atoms with Gasteiger partial charge >= 0.3 is 0 Å². The van der Waals surface area contributed by atoms with Crippen LogP contribution >= 0.6 is 22.9 Å². The number of hydrogen-bond acceptors (Lipinski definition) is 4. The Kier molecular flexibility index (Phi) is 4.91. The van der Waals surface area contributed by atoms with Gasteiger partial charge < -0.3 is 10.5 Å². The summed E-state index contributed by atoms with van der Waals surface area (Å²) in [5, 5.41) is 3.72. The van der Waals surface area contributed by atoms with Gasteiger partial charge in [0.25, 0.3) is 0 Å². The van der Waals surface area contributed by atoms with Crippen molar-refractivity contribution < 1.29 is 4.74 Å². The van der Waals surface area contributed by atoms with E-state index < -0.39 is 0 Å². The van der Waals surface area contributed by atoms with E-state index >= 15 is 0 Å². The van der Waals surface area contributed by atoms with Crippen molar-refractivity contribution in [1.82, 2.24) is 4.98 Å². The van der Waals surface area contributed by atoms with Crippen LogP contribution in [0.15, 0.2) is 23.6 Å². The van der Waals surface area contributed by atoms with Crippen molar-refractivity contribution in [1.29, 1.82) is 0 Å². The highest BCUT2D eigenvalue weighted by molar-refractivity contribution is 7.09. The quantitative estimate of drug-likeness (QED) is 0.887. The zero-order valence-electron chi connectivity index (χ0n) is 12.8. The van der Waals surface area contributed by atoms with Crippen molar-refractivity contribution in [2.24, 2.45) is 5.73 Å². The number of benzene rings is 1. The Labute approximate surface area is 135 Å². The third kappa shape index (κ3) is 4.19. The van der Waals surface area contributed by atoms with Crippen LogP contribution in [0, 0.1) is 0 Å². The molecule has 21 heavy (non-hydrogen) atoms. The Balaban J connectivity index is 2.12. The standard InChI is InChI=1S/C16H21ClN2OS/c1-10(18)12-7-11(17)5-6-13(12)20-8-15-19-14(9-21-15)16(2,3)4/h5-7,9-10H,8,18H2,1-4H3. The molecule has 0 aliphatic carbocycles. The molecule has 0 saturated carbocycles. The van der Waals surface area contributed by atoms with Gasteiger partial charge in [0, 0.05) is 27.4 Å². The summed E-state index contributed by atoms with van der Waals surface area (Å²) in [6, 6.07) is 5.40. The minimum absolute atomic E-state index is 0.0615. The van der Waals surface area contributed by atoms with Crippen molar-refractivity contribution in [3.05, 3.63) is 44.9 Å². The first-order valence-electron chi connectivity index (χ1n) is 6.90. The summed E-state index contributed by atoms with van der Waals surface area (Å²) in [6.07, 6.45) is 0. The second-order valence-corrected chi connectivity index (χ2v) is 7.52. The Bertz CT molecular complexity index is 617. The molecule has 1 aromatic heterocycles. The fourth-order valence-electron chi connectivity index (χ4n) is 1.87. The Hall–Kier alpha value is -1.10. The summed E-state index contributed by atoms with van der Waals surface area (Å²) < 4.78 is 5.87. The Morgan fingerprint density at radius 3 is 2.67 bits per heavy atom. The number of ether oxygens (including phenoxy) is 1. The summed E-state index contributed by atoms with van der Waals surface area (Å²) >= 11 is 7.63. The van der Waals surface area contributed by atoms with Gasteiger partial charge in [0.1, 0.15) is 17.4 Å². The molecule has 2 aromatic rings. The molecular weight excluding hydrogens is 304 g/mol. The molecule has 0 aliphatic heterocycles. The maximum atomic E-state index is 6.01. The lowest BCUT2D eigenvalue weighted by Crippen LogP contribution is -2.12. The molecule has 1 heterocycles. The minimum Gasteiger partial charge on any atom is -0.486 e. The van der Waals surface area contributed by atoms with Gasteiger partial charge in [-0.15, -0.1) is 11.3 Å². The van der Waals surface area contributed by atoms with E-state index in [1.54, 1.807) is 11.3 Å². The molecule has 0 aliphatic rings. The molecule has 2 rings (SSSR count). The van der Waals surface area contributed by atoms with Gasteiger partial charge in [0.15, 0.2) is 0 Å². The largest absolute Gasteiger partial charge is 0.486 e. The van der Waals surface area contributed by atoms with E-state index in [1.807, 2.05) is 25.1 Å². The lowest BCUT2D eigenvalue weighted by molar-refractivity contribution is 0.300. The maximum Gasteiger partial charge on any atom is 0.140 e. The third-order valence-corrected chi connectivity index (χ3v) is 4.19. The van der Waals surface area contributed by atoms with Gasteiger partial charge in [-0.05, 0) is 25.1 Å². The molecule has 1 atom stereocenters. The van der Waals surface area contributed by atoms with E-state index in [0.29, 0.717) is 11.6 Å². The van der Waals surface area contributed by atoms with Crippen molar-refractivity contribution >= 4 is 22.9 Å². The number of hydrogen-bond donors (Lipinski definition) is 1. The summed E-state index contributed by atoms with van der Waals surface area (Å²) in [7, 11) is 0. The van der Waals surface area contributed by atoms with E-state index in [9.17, 15) is 0 Å². The monoisotopic (exact) mass is 324 g/mol. The average Bonchev–Trinajstić information content (AvgIpc) is 2.85. The predicted molar refractivity (Wildman–Crippen MR) is 89.2 cm³/mol. The van der Waals surface area contributed by atoms with Gasteiger partial charge in [-0.3, -0.25) is 0 Å². The van der Waals surface area contributed by atoms with Gasteiger partial charge in [-0.25, -0.2) is 4.98 Å². The molecule has 0 radical (unpaired) electrons. The second kappa shape index (κ2) is 6.34. The van der Waals surface area contributed by atoms with Crippen LogP contribution in [0.3, 0.4) is 0 Å². The van der Waals surface area contributed by atoms with E-state index in [0.717, 1.165) is 22.0 Å². The van der Waals surface area contributed by atoms with Crippen molar-refractivity contribution in [3.8, 4) is 5.75 Å². The summed E-state index contributed by atoms with van der Waals surface area (Å²) in [6.45, 7) is 8.82. The Morgan fingerprint density at radius 1 is 1.38 bits per heavy atom. The van der Waals surface area contributed by atoms with E-state index in [1.165, 1.54) is 0 Å². The zero-order chi connectivity index (χ0) is 15.6. The predicted octanol–water partition coefficient (Wildman–Crippen LogP) is 4.69. The van der Waals surface area contributed by atoms with Gasteiger partial charge in [-0.1, -0.05) is 32.4 Å². The smallest absolute Gasteiger partial charge is 0.140 e. The molecule has 1 aromatic carbocycles. The van der Waals surface area contributed by atoms with Crippen LogP contribution < -0.4 is 10.5 Å². The van der Waals surface area contributed by atoms with Crippen LogP contribution in [0.25, 0.3) is 0 Å². The molecular formula is C16H21ClN2OS. The molecule has 0 bridgehead atoms.